The van der Waals surface area contributed by atoms with Crippen molar-refractivity contribution in [3.63, 3.8) is 0 Å². The van der Waals surface area contributed by atoms with Crippen molar-refractivity contribution in [2.75, 3.05) is 0 Å². The Bertz CT molecular complexity index is 781. The second-order valence-electron chi connectivity index (χ2n) is 5.36. The highest BCUT2D eigenvalue weighted by Gasteiger charge is 2.18. The number of pyridine rings is 1. The van der Waals surface area contributed by atoms with Crippen molar-refractivity contribution in [1.82, 2.24) is 14.3 Å². The fraction of sp³-hybridized carbons (Fsp3) is 0.333. The molecule has 0 aliphatic rings. The van der Waals surface area contributed by atoms with E-state index in [4.69, 9.17) is 5.11 Å². The minimum Gasteiger partial charge on any atom is -0.477 e. The zero-order valence-corrected chi connectivity index (χ0v) is 13.7. The maximum absolute atomic E-state index is 12.2. The van der Waals surface area contributed by atoms with Gasteiger partial charge in [0.25, 0.3) is 0 Å². The summed E-state index contributed by atoms with van der Waals surface area (Å²) < 4.78 is 29.1. The van der Waals surface area contributed by atoms with Gasteiger partial charge in [0.05, 0.1) is 0 Å². The SMILES string of the molecule is CC(CCc1cccn1C)NS(=O)(=O)c1ccc(C(=O)O)nc1. The molecule has 1 atom stereocenters. The van der Waals surface area contributed by atoms with Gasteiger partial charge in [-0.25, -0.2) is 22.9 Å². The van der Waals surface area contributed by atoms with E-state index in [9.17, 15) is 13.2 Å². The highest BCUT2D eigenvalue weighted by Crippen LogP contribution is 2.11. The predicted molar refractivity (Wildman–Crippen MR) is 84.7 cm³/mol. The number of aromatic carboxylic acids is 1. The van der Waals surface area contributed by atoms with Crippen LogP contribution in [-0.4, -0.2) is 35.1 Å². The molecule has 7 nitrogen and oxygen atoms in total. The Kier molecular flexibility index (Phi) is 5.17. The lowest BCUT2D eigenvalue weighted by Crippen LogP contribution is -2.33. The predicted octanol–water partition coefficient (Wildman–Crippen LogP) is 1.42. The molecule has 0 saturated heterocycles. The monoisotopic (exact) mass is 337 g/mol. The van der Waals surface area contributed by atoms with E-state index in [0.717, 1.165) is 18.3 Å². The Labute approximate surface area is 135 Å². The maximum Gasteiger partial charge on any atom is 0.354 e. The first-order valence-corrected chi connectivity index (χ1v) is 8.60. The van der Waals surface area contributed by atoms with Gasteiger partial charge in [-0.05, 0) is 44.0 Å². The van der Waals surface area contributed by atoms with E-state index in [1.165, 1.54) is 12.1 Å². The summed E-state index contributed by atoms with van der Waals surface area (Å²) in [7, 11) is -1.77. The molecule has 2 N–H and O–H groups in total. The number of sulfonamides is 1. The molecule has 2 heterocycles. The highest BCUT2D eigenvalue weighted by atomic mass is 32.2. The summed E-state index contributed by atoms with van der Waals surface area (Å²) in [6.07, 6.45) is 4.40. The zero-order valence-electron chi connectivity index (χ0n) is 12.9. The molecule has 2 aromatic rings. The van der Waals surface area contributed by atoms with Gasteiger partial charge >= 0.3 is 5.97 Å². The van der Waals surface area contributed by atoms with Gasteiger partial charge in [-0.1, -0.05) is 0 Å². The molecule has 0 spiro atoms. The molecule has 124 valence electrons. The first kappa shape index (κ1) is 17.2. The van der Waals surface area contributed by atoms with Crippen LogP contribution in [0.25, 0.3) is 0 Å². The third-order valence-corrected chi connectivity index (χ3v) is 5.08. The van der Waals surface area contributed by atoms with Gasteiger partial charge in [0, 0.05) is 31.2 Å². The van der Waals surface area contributed by atoms with Crippen LogP contribution in [0.1, 0.15) is 29.5 Å². The van der Waals surface area contributed by atoms with E-state index in [2.05, 4.69) is 9.71 Å². The third-order valence-electron chi connectivity index (χ3n) is 3.51. The molecule has 0 saturated carbocycles. The van der Waals surface area contributed by atoms with Crippen LogP contribution in [0.15, 0.2) is 41.6 Å². The average molecular weight is 337 g/mol. The Hall–Kier alpha value is -2.19. The number of carbonyl (C=O) groups is 1. The summed E-state index contributed by atoms with van der Waals surface area (Å²) in [5.74, 6) is -1.20. The van der Waals surface area contributed by atoms with E-state index in [1.807, 2.05) is 29.9 Å². The van der Waals surface area contributed by atoms with Gasteiger partial charge in [0.15, 0.2) is 0 Å². The second kappa shape index (κ2) is 6.93. The topological polar surface area (TPSA) is 101 Å². The number of carboxylic acid groups (broad SMARTS) is 1. The first-order chi connectivity index (χ1) is 10.8. The standard InChI is InChI=1S/C15H19N3O4S/c1-11(5-6-12-4-3-9-18(12)2)17-23(21,22)13-7-8-14(15(19)20)16-10-13/h3-4,7-11,17H,5-6H2,1-2H3,(H,19,20). The van der Waals surface area contributed by atoms with Crippen molar-refractivity contribution in [1.29, 1.82) is 0 Å². The summed E-state index contributed by atoms with van der Waals surface area (Å²) >= 11 is 0. The molecule has 23 heavy (non-hydrogen) atoms. The third kappa shape index (κ3) is 4.40. The summed E-state index contributed by atoms with van der Waals surface area (Å²) in [5.41, 5.74) is 0.934. The molecular weight excluding hydrogens is 318 g/mol. The van der Waals surface area contributed by atoms with Gasteiger partial charge < -0.3 is 9.67 Å². The average Bonchev–Trinajstić information content (AvgIpc) is 2.90. The quantitative estimate of drug-likeness (QED) is 0.795. The van der Waals surface area contributed by atoms with Crippen LogP contribution < -0.4 is 4.72 Å². The number of rotatable bonds is 7. The van der Waals surface area contributed by atoms with Crippen molar-refractivity contribution in [3.8, 4) is 0 Å². The smallest absolute Gasteiger partial charge is 0.354 e. The molecule has 0 amide bonds. The van der Waals surface area contributed by atoms with Crippen molar-refractivity contribution in [2.45, 2.75) is 30.7 Å². The van der Waals surface area contributed by atoms with E-state index in [-0.39, 0.29) is 16.6 Å². The van der Waals surface area contributed by atoms with Crippen LogP contribution in [0.2, 0.25) is 0 Å². The van der Waals surface area contributed by atoms with Crippen LogP contribution in [0.3, 0.4) is 0 Å². The number of nitrogens with one attached hydrogen (secondary N) is 1. The second-order valence-corrected chi connectivity index (χ2v) is 7.07. The molecule has 0 aliphatic heterocycles. The molecule has 0 aromatic carbocycles. The normalized spacial score (nSPS) is 13.0. The summed E-state index contributed by atoms with van der Waals surface area (Å²) in [4.78, 5) is 14.3. The fourth-order valence-corrected chi connectivity index (χ4v) is 3.40. The molecule has 2 aromatic heterocycles. The van der Waals surface area contributed by atoms with Crippen LogP contribution in [0.5, 0.6) is 0 Å². The molecule has 0 aliphatic carbocycles. The zero-order chi connectivity index (χ0) is 17.0. The van der Waals surface area contributed by atoms with Gasteiger partial charge in [0.1, 0.15) is 10.6 Å². The van der Waals surface area contributed by atoms with Crippen molar-refractivity contribution in [3.05, 3.63) is 48.0 Å². The summed E-state index contributed by atoms with van der Waals surface area (Å²) in [6.45, 7) is 1.79. The lowest BCUT2D eigenvalue weighted by atomic mass is 10.1. The summed E-state index contributed by atoms with van der Waals surface area (Å²) in [6, 6.07) is 6.10. The van der Waals surface area contributed by atoms with Crippen molar-refractivity contribution >= 4 is 16.0 Å². The number of carboxylic acids is 1. The molecule has 2 rings (SSSR count). The van der Waals surface area contributed by atoms with Gasteiger partial charge in [-0.15, -0.1) is 0 Å². The Balaban J connectivity index is 1.99. The lowest BCUT2D eigenvalue weighted by molar-refractivity contribution is 0.0690. The van der Waals surface area contributed by atoms with Gasteiger partial charge in [0.2, 0.25) is 10.0 Å². The fourth-order valence-electron chi connectivity index (χ4n) is 2.18. The molecular formula is C15H19N3O4S. The first-order valence-electron chi connectivity index (χ1n) is 7.11. The van der Waals surface area contributed by atoms with Crippen LogP contribution >= 0.6 is 0 Å². The van der Waals surface area contributed by atoms with Crippen LogP contribution in [0, 0.1) is 0 Å². The minimum absolute atomic E-state index is 0.0479. The number of nitrogens with zero attached hydrogens (tertiary/aromatic N) is 2. The molecule has 8 heteroatoms. The van der Waals surface area contributed by atoms with E-state index in [0.29, 0.717) is 6.42 Å². The highest BCUT2D eigenvalue weighted by molar-refractivity contribution is 7.89. The largest absolute Gasteiger partial charge is 0.477 e. The number of hydrogen-bond donors (Lipinski definition) is 2. The van der Waals surface area contributed by atoms with Crippen LogP contribution in [0.4, 0.5) is 0 Å². The van der Waals surface area contributed by atoms with Gasteiger partial charge in [-0.2, -0.15) is 0 Å². The maximum atomic E-state index is 12.2. The Morgan fingerprint density at radius 3 is 2.65 bits per heavy atom. The molecule has 0 fully saturated rings. The Morgan fingerprint density at radius 1 is 1.39 bits per heavy atom. The molecule has 0 bridgehead atoms. The molecule has 1 unspecified atom stereocenters. The molecule has 0 radical (unpaired) electrons. The number of hydrogen-bond acceptors (Lipinski definition) is 4. The van der Waals surface area contributed by atoms with Gasteiger partial charge in [-0.3, -0.25) is 0 Å². The van der Waals surface area contributed by atoms with Crippen molar-refractivity contribution in [2.24, 2.45) is 7.05 Å². The van der Waals surface area contributed by atoms with Crippen molar-refractivity contribution < 1.29 is 18.3 Å². The van der Waals surface area contributed by atoms with E-state index in [1.54, 1.807) is 6.92 Å². The Morgan fingerprint density at radius 2 is 2.13 bits per heavy atom. The number of aryl methyl sites for hydroxylation is 2. The lowest BCUT2D eigenvalue weighted by Gasteiger charge is -2.14. The minimum atomic E-state index is -3.72. The number of aromatic nitrogens is 2. The summed E-state index contributed by atoms with van der Waals surface area (Å²) in [5, 5.41) is 8.78. The van der Waals surface area contributed by atoms with E-state index >= 15 is 0 Å². The van der Waals surface area contributed by atoms with Crippen LogP contribution in [-0.2, 0) is 23.5 Å². The van der Waals surface area contributed by atoms with E-state index < -0.39 is 16.0 Å².